The zero-order chi connectivity index (χ0) is 20.0. The van der Waals surface area contributed by atoms with Gasteiger partial charge < -0.3 is 15.2 Å². The molecule has 0 saturated heterocycles. The lowest BCUT2D eigenvalue weighted by atomic mass is 10.2. The Morgan fingerprint density at radius 3 is 2.46 bits per heavy atom. The minimum absolute atomic E-state index is 0.0885. The molecule has 0 radical (unpaired) electrons. The maximum Gasteiger partial charge on any atom is 0.407 e. The van der Waals surface area contributed by atoms with Gasteiger partial charge in [0.05, 0.1) is 11.5 Å². The maximum absolute atomic E-state index is 12.7. The Bertz CT molecular complexity index is 744. The van der Waals surface area contributed by atoms with E-state index in [1.165, 1.54) is 12.1 Å². The van der Waals surface area contributed by atoms with Crippen LogP contribution in [-0.4, -0.2) is 60.7 Å². The lowest BCUT2D eigenvalue weighted by Gasteiger charge is -2.23. The Labute approximate surface area is 152 Å². The van der Waals surface area contributed by atoms with Gasteiger partial charge in [-0.15, -0.1) is 0 Å². The van der Waals surface area contributed by atoms with Gasteiger partial charge in [-0.05, 0) is 26.8 Å². The average Bonchev–Trinajstić information content (AvgIpc) is 2.52. The van der Waals surface area contributed by atoms with E-state index in [1.54, 1.807) is 20.8 Å². The van der Waals surface area contributed by atoms with E-state index in [4.69, 9.17) is 9.84 Å². The van der Waals surface area contributed by atoms with E-state index in [0.717, 1.165) is 16.4 Å². The molecular weight excluding hydrogens is 366 g/mol. The van der Waals surface area contributed by atoms with Crippen LogP contribution in [0.5, 0.6) is 0 Å². The fourth-order valence-corrected chi connectivity index (χ4v) is 3.61. The summed E-state index contributed by atoms with van der Waals surface area (Å²) >= 11 is 0. The highest BCUT2D eigenvalue weighted by atomic mass is 32.2. The predicted octanol–water partition coefficient (Wildman–Crippen LogP) is 1.10. The standard InChI is InChI=1S/C15H23N3O7S/c1-15(2,3)25-14(20)16-8-9-17(10-11-19)26(23,24)13-7-5-4-6-12(13)18(21)22/h4-7,19H,8-11H2,1-3H3,(H,16,20). The van der Waals surface area contributed by atoms with E-state index >= 15 is 0 Å². The van der Waals surface area contributed by atoms with Crippen LogP contribution in [0.1, 0.15) is 20.8 Å². The number of nitro groups is 1. The fraction of sp³-hybridized carbons (Fsp3) is 0.533. The molecule has 1 aromatic carbocycles. The third kappa shape index (κ3) is 6.24. The number of nitrogens with one attached hydrogen (secondary N) is 1. The third-order valence-electron chi connectivity index (χ3n) is 3.06. The third-order valence-corrected chi connectivity index (χ3v) is 5.00. The quantitative estimate of drug-likeness (QED) is 0.501. The Hall–Kier alpha value is -2.24. The summed E-state index contributed by atoms with van der Waals surface area (Å²) < 4.78 is 31.3. The van der Waals surface area contributed by atoms with Crippen molar-refractivity contribution in [3.05, 3.63) is 34.4 Å². The maximum atomic E-state index is 12.7. The van der Waals surface area contributed by atoms with Gasteiger partial charge in [0.2, 0.25) is 10.0 Å². The highest BCUT2D eigenvalue weighted by Crippen LogP contribution is 2.25. The van der Waals surface area contributed by atoms with Gasteiger partial charge in [-0.3, -0.25) is 10.1 Å². The summed E-state index contributed by atoms with van der Waals surface area (Å²) in [5.74, 6) is 0. The molecule has 1 aromatic rings. The van der Waals surface area contributed by atoms with Gasteiger partial charge >= 0.3 is 6.09 Å². The first-order valence-electron chi connectivity index (χ1n) is 7.80. The number of rotatable bonds is 8. The number of hydrogen-bond donors (Lipinski definition) is 2. The SMILES string of the molecule is CC(C)(C)OC(=O)NCCN(CCO)S(=O)(=O)c1ccccc1[N+](=O)[O-]. The first-order chi connectivity index (χ1) is 12.0. The number of carbonyl (C=O) groups excluding carboxylic acids is 1. The first kappa shape index (κ1) is 21.8. The summed E-state index contributed by atoms with van der Waals surface area (Å²) in [6.07, 6.45) is -0.718. The van der Waals surface area contributed by atoms with Crippen molar-refractivity contribution in [2.24, 2.45) is 0 Å². The van der Waals surface area contributed by atoms with Gasteiger partial charge in [0.15, 0.2) is 4.90 Å². The van der Waals surface area contributed by atoms with Crippen molar-refractivity contribution in [1.82, 2.24) is 9.62 Å². The molecule has 0 aliphatic rings. The molecule has 0 spiro atoms. The van der Waals surface area contributed by atoms with Gasteiger partial charge in [0.25, 0.3) is 5.69 Å². The van der Waals surface area contributed by atoms with Gasteiger partial charge in [-0.1, -0.05) is 12.1 Å². The summed E-state index contributed by atoms with van der Waals surface area (Å²) in [6.45, 7) is 4.02. The van der Waals surface area contributed by atoms with Crippen molar-refractivity contribution < 1.29 is 28.0 Å². The topological polar surface area (TPSA) is 139 Å². The Morgan fingerprint density at radius 1 is 1.31 bits per heavy atom. The molecule has 1 rings (SSSR count). The van der Waals surface area contributed by atoms with Gasteiger partial charge in [-0.2, -0.15) is 4.31 Å². The van der Waals surface area contributed by atoms with Crippen LogP contribution >= 0.6 is 0 Å². The van der Waals surface area contributed by atoms with Crippen LogP contribution in [0.15, 0.2) is 29.2 Å². The second kappa shape index (κ2) is 8.92. The predicted molar refractivity (Wildman–Crippen MR) is 93.2 cm³/mol. The van der Waals surface area contributed by atoms with E-state index in [9.17, 15) is 23.3 Å². The van der Waals surface area contributed by atoms with Crippen molar-refractivity contribution in [3.8, 4) is 0 Å². The summed E-state index contributed by atoms with van der Waals surface area (Å²) in [5.41, 5.74) is -1.26. The number of aliphatic hydroxyl groups is 1. The minimum atomic E-state index is -4.23. The van der Waals surface area contributed by atoms with E-state index in [0.29, 0.717) is 0 Å². The molecule has 2 N–H and O–H groups in total. The van der Waals surface area contributed by atoms with Crippen molar-refractivity contribution in [1.29, 1.82) is 0 Å². The molecular formula is C15H23N3O7S. The lowest BCUT2D eigenvalue weighted by Crippen LogP contribution is -2.41. The van der Waals surface area contributed by atoms with Crippen molar-refractivity contribution in [3.63, 3.8) is 0 Å². The zero-order valence-corrected chi connectivity index (χ0v) is 15.7. The van der Waals surface area contributed by atoms with Gasteiger partial charge in [0.1, 0.15) is 5.60 Å². The molecule has 0 aliphatic heterocycles. The second-order valence-electron chi connectivity index (χ2n) is 6.28. The molecule has 0 bridgehead atoms. The summed E-state index contributed by atoms with van der Waals surface area (Å²) in [7, 11) is -4.23. The number of para-hydroxylation sites is 1. The second-order valence-corrected chi connectivity index (χ2v) is 8.19. The number of sulfonamides is 1. The number of amides is 1. The Morgan fingerprint density at radius 2 is 1.92 bits per heavy atom. The first-order valence-corrected chi connectivity index (χ1v) is 9.24. The molecule has 146 valence electrons. The molecule has 0 fully saturated rings. The van der Waals surface area contributed by atoms with Crippen LogP contribution in [-0.2, 0) is 14.8 Å². The van der Waals surface area contributed by atoms with Crippen LogP contribution in [0.3, 0.4) is 0 Å². The number of hydrogen-bond acceptors (Lipinski definition) is 7. The minimum Gasteiger partial charge on any atom is -0.444 e. The van der Waals surface area contributed by atoms with Crippen molar-refractivity contribution in [2.75, 3.05) is 26.2 Å². The lowest BCUT2D eigenvalue weighted by molar-refractivity contribution is -0.387. The molecule has 0 aliphatic carbocycles. The largest absolute Gasteiger partial charge is 0.444 e. The highest BCUT2D eigenvalue weighted by molar-refractivity contribution is 7.89. The molecule has 0 atom stereocenters. The van der Waals surface area contributed by atoms with Crippen LogP contribution in [0.25, 0.3) is 0 Å². The van der Waals surface area contributed by atoms with Crippen LogP contribution in [0.2, 0.25) is 0 Å². The smallest absolute Gasteiger partial charge is 0.407 e. The molecule has 0 aromatic heterocycles. The van der Waals surface area contributed by atoms with E-state index in [-0.39, 0.29) is 19.6 Å². The number of nitro benzene ring substituents is 1. The van der Waals surface area contributed by atoms with Crippen molar-refractivity contribution >= 4 is 21.8 Å². The number of nitrogens with zero attached hydrogens (tertiary/aromatic N) is 2. The summed E-state index contributed by atoms with van der Waals surface area (Å²) in [4.78, 5) is 21.4. The van der Waals surface area contributed by atoms with E-state index in [1.807, 2.05) is 0 Å². The molecule has 10 nitrogen and oxygen atoms in total. The molecule has 0 heterocycles. The normalized spacial score (nSPS) is 12.0. The Balaban J connectivity index is 2.92. The monoisotopic (exact) mass is 389 g/mol. The molecule has 26 heavy (non-hydrogen) atoms. The van der Waals surface area contributed by atoms with E-state index < -0.39 is 43.8 Å². The van der Waals surface area contributed by atoms with Gasteiger partial charge in [0, 0.05) is 25.7 Å². The molecule has 0 unspecified atom stereocenters. The molecule has 11 heteroatoms. The summed E-state index contributed by atoms with van der Waals surface area (Å²) in [5, 5.41) is 22.6. The highest BCUT2D eigenvalue weighted by Gasteiger charge is 2.31. The average molecular weight is 389 g/mol. The zero-order valence-electron chi connectivity index (χ0n) is 14.8. The molecule has 1 amide bonds. The number of carbonyl (C=O) groups is 1. The fourth-order valence-electron chi connectivity index (χ4n) is 2.03. The van der Waals surface area contributed by atoms with E-state index in [2.05, 4.69) is 5.32 Å². The number of alkyl carbamates (subject to hydrolysis) is 1. The van der Waals surface area contributed by atoms with Crippen LogP contribution in [0.4, 0.5) is 10.5 Å². The number of aliphatic hydroxyl groups excluding tert-OH is 1. The van der Waals surface area contributed by atoms with Crippen LogP contribution in [0, 0.1) is 10.1 Å². The van der Waals surface area contributed by atoms with Crippen molar-refractivity contribution in [2.45, 2.75) is 31.3 Å². The molecule has 0 saturated carbocycles. The Kier molecular flexibility index (Phi) is 7.48. The van der Waals surface area contributed by atoms with Crippen LogP contribution < -0.4 is 5.32 Å². The summed E-state index contributed by atoms with van der Waals surface area (Å²) in [6, 6.07) is 4.94. The number of ether oxygens (including phenoxy) is 1. The van der Waals surface area contributed by atoms with Gasteiger partial charge in [-0.25, -0.2) is 13.2 Å². The number of benzene rings is 1.